The number of benzene rings is 2. The third-order valence-electron chi connectivity index (χ3n) is 4.23. The molecule has 0 aliphatic heterocycles. The fraction of sp³-hybridized carbons (Fsp3) is 0.238. The molecular weight excluding hydrogens is 388 g/mol. The number of aromatic nitrogens is 2. The van der Waals surface area contributed by atoms with Crippen LogP contribution in [-0.2, 0) is 16.0 Å². The van der Waals surface area contributed by atoms with Crippen molar-refractivity contribution in [1.82, 2.24) is 15.5 Å². The monoisotopic (exact) mass is 410 g/mol. The van der Waals surface area contributed by atoms with E-state index in [1.54, 1.807) is 14.0 Å². The molecule has 0 fully saturated rings. The van der Waals surface area contributed by atoms with Crippen molar-refractivity contribution in [2.75, 3.05) is 12.4 Å². The second-order valence-electron chi connectivity index (χ2n) is 6.30. The summed E-state index contributed by atoms with van der Waals surface area (Å²) in [5, 5.41) is 14.8. The molecule has 0 spiro atoms. The number of anilines is 1. The molecule has 2 N–H and O–H groups in total. The van der Waals surface area contributed by atoms with Crippen LogP contribution < -0.4 is 15.4 Å². The molecule has 8 heteroatoms. The number of carbonyl (C=O) groups excluding carboxylic acids is 2. The van der Waals surface area contributed by atoms with E-state index in [0.717, 1.165) is 11.1 Å². The average Bonchev–Trinajstić information content (AvgIpc) is 3.22. The smallest absolute Gasteiger partial charge is 0.249 e. The van der Waals surface area contributed by atoms with Gasteiger partial charge in [-0.3, -0.25) is 14.9 Å². The summed E-state index contributed by atoms with van der Waals surface area (Å²) in [6, 6.07) is 16.3. The van der Waals surface area contributed by atoms with E-state index in [4.69, 9.17) is 4.74 Å². The standard InChI is InChI=1S/C21H22N4O3S/c1-3-18(26)22-17(12-14-8-5-4-6-9-14)19(27)23-21-25-24-20(29-21)15-10-7-11-16(13-15)28-2/h4-11,13,17H,3,12H2,1-2H3,(H,22,26)(H,23,25,27). The van der Waals surface area contributed by atoms with E-state index in [0.29, 0.717) is 28.7 Å². The molecule has 150 valence electrons. The van der Waals surface area contributed by atoms with Crippen LogP contribution in [0.1, 0.15) is 18.9 Å². The average molecular weight is 410 g/mol. The Bertz CT molecular complexity index is 975. The number of nitrogens with one attached hydrogen (secondary N) is 2. The summed E-state index contributed by atoms with van der Waals surface area (Å²) in [5.41, 5.74) is 1.81. The van der Waals surface area contributed by atoms with Gasteiger partial charge in [-0.05, 0) is 17.7 Å². The van der Waals surface area contributed by atoms with Gasteiger partial charge in [0.1, 0.15) is 16.8 Å². The highest BCUT2D eigenvalue weighted by atomic mass is 32.1. The van der Waals surface area contributed by atoms with Gasteiger partial charge in [0.25, 0.3) is 0 Å². The van der Waals surface area contributed by atoms with Gasteiger partial charge >= 0.3 is 0 Å². The van der Waals surface area contributed by atoms with E-state index < -0.39 is 6.04 Å². The number of ether oxygens (including phenoxy) is 1. The van der Waals surface area contributed by atoms with Crippen LogP contribution in [-0.4, -0.2) is 35.2 Å². The molecule has 0 radical (unpaired) electrons. The van der Waals surface area contributed by atoms with Crippen LogP contribution in [0.3, 0.4) is 0 Å². The first-order valence-corrected chi connectivity index (χ1v) is 10.0. The minimum Gasteiger partial charge on any atom is -0.497 e. The van der Waals surface area contributed by atoms with E-state index in [9.17, 15) is 9.59 Å². The number of rotatable bonds is 8. The molecule has 0 saturated heterocycles. The lowest BCUT2D eigenvalue weighted by Gasteiger charge is -2.17. The highest BCUT2D eigenvalue weighted by Gasteiger charge is 2.22. The van der Waals surface area contributed by atoms with Crippen LogP contribution in [0, 0.1) is 0 Å². The van der Waals surface area contributed by atoms with Gasteiger partial charge in [-0.15, -0.1) is 10.2 Å². The molecule has 0 aliphatic carbocycles. The maximum Gasteiger partial charge on any atom is 0.249 e. The van der Waals surface area contributed by atoms with E-state index in [-0.39, 0.29) is 11.8 Å². The summed E-state index contributed by atoms with van der Waals surface area (Å²) in [6.45, 7) is 1.75. The van der Waals surface area contributed by atoms with Crippen LogP contribution in [0.2, 0.25) is 0 Å². The molecule has 3 aromatic rings. The molecule has 2 aromatic carbocycles. The first-order chi connectivity index (χ1) is 14.1. The molecule has 1 heterocycles. The molecule has 0 saturated carbocycles. The Morgan fingerprint density at radius 3 is 2.62 bits per heavy atom. The molecule has 0 bridgehead atoms. The van der Waals surface area contributed by atoms with Gasteiger partial charge in [0, 0.05) is 18.4 Å². The van der Waals surface area contributed by atoms with Crippen LogP contribution in [0.25, 0.3) is 10.6 Å². The molecule has 3 rings (SSSR count). The summed E-state index contributed by atoms with van der Waals surface area (Å²) < 4.78 is 5.23. The lowest BCUT2D eigenvalue weighted by Crippen LogP contribution is -2.45. The quantitative estimate of drug-likeness (QED) is 0.594. The van der Waals surface area contributed by atoms with E-state index >= 15 is 0 Å². The van der Waals surface area contributed by atoms with E-state index in [1.807, 2.05) is 54.6 Å². The number of hydrogen-bond donors (Lipinski definition) is 2. The van der Waals surface area contributed by atoms with Crippen molar-refractivity contribution >= 4 is 28.3 Å². The van der Waals surface area contributed by atoms with Gasteiger partial charge in [-0.1, -0.05) is 60.7 Å². The second-order valence-corrected chi connectivity index (χ2v) is 7.27. The molecule has 0 aliphatic rings. The Morgan fingerprint density at radius 2 is 1.90 bits per heavy atom. The molecule has 1 unspecified atom stereocenters. The van der Waals surface area contributed by atoms with Gasteiger partial charge < -0.3 is 10.1 Å². The van der Waals surface area contributed by atoms with Crippen LogP contribution in [0.5, 0.6) is 5.75 Å². The van der Waals surface area contributed by atoms with Crippen molar-refractivity contribution in [3.63, 3.8) is 0 Å². The number of amides is 2. The summed E-state index contributed by atoms with van der Waals surface area (Å²) in [7, 11) is 1.60. The molecular formula is C21H22N4O3S. The topological polar surface area (TPSA) is 93.2 Å². The minimum absolute atomic E-state index is 0.185. The molecule has 1 atom stereocenters. The SMILES string of the molecule is CCC(=O)NC(Cc1ccccc1)C(=O)Nc1nnc(-c2cccc(OC)c2)s1. The Kier molecular flexibility index (Phi) is 6.91. The van der Waals surface area contributed by atoms with Crippen molar-refractivity contribution in [2.45, 2.75) is 25.8 Å². The van der Waals surface area contributed by atoms with Gasteiger partial charge in [0.2, 0.25) is 16.9 Å². The van der Waals surface area contributed by atoms with Crippen molar-refractivity contribution in [2.24, 2.45) is 0 Å². The Labute approximate surface area is 173 Å². The summed E-state index contributed by atoms with van der Waals surface area (Å²) in [6.07, 6.45) is 0.692. The first-order valence-electron chi connectivity index (χ1n) is 9.21. The zero-order chi connectivity index (χ0) is 20.6. The Morgan fingerprint density at radius 1 is 1.10 bits per heavy atom. The fourth-order valence-electron chi connectivity index (χ4n) is 2.69. The highest BCUT2D eigenvalue weighted by Crippen LogP contribution is 2.28. The predicted octanol–water partition coefficient (Wildman–Crippen LogP) is 3.29. The van der Waals surface area contributed by atoms with Gasteiger partial charge in [0.05, 0.1) is 7.11 Å². The zero-order valence-electron chi connectivity index (χ0n) is 16.2. The number of methoxy groups -OCH3 is 1. The number of carbonyl (C=O) groups is 2. The molecule has 29 heavy (non-hydrogen) atoms. The second kappa shape index (κ2) is 9.79. The Hall–Kier alpha value is -3.26. The van der Waals surface area contributed by atoms with Gasteiger partial charge in [-0.2, -0.15) is 0 Å². The van der Waals surface area contributed by atoms with Crippen LogP contribution >= 0.6 is 11.3 Å². The summed E-state index contributed by atoms with van der Waals surface area (Å²) in [5.74, 6) is 0.202. The number of hydrogen-bond acceptors (Lipinski definition) is 6. The van der Waals surface area contributed by atoms with E-state index in [1.165, 1.54) is 11.3 Å². The van der Waals surface area contributed by atoms with Gasteiger partial charge in [-0.25, -0.2) is 0 Å². The summed E-state index contributed by atoms with van der Waals surface area (Å²) >= 11 is 1.26. The maximum atomic E-state index is 12.8. The normalized spacial score (nSPS) is 11.5. The Balaban J connectivity index is 1.73. The fourth-order valence-corrected chi connectivity index (χ4v) is 3.44. The largest absolute Gasteiger partial charge is 0.497 e. The third-order valence-corrected chi connectivity index (χ3v) is 5.12. The van der Waals surface area contributed by atoms with Crippen molar-refractivity contribution < 1.29 is 14.3 Å². The van der Waals surface area contributed by atoms with Crippen molar-refractivity contribution in [3.8, 4) is 16.3 Å². The number of nitrogens with zero attached hydrogens (tertiary/aromatic N) is 2. The molecule has 2 amide bonds. The van der Waals surface area contributed by atoms with Crippen LogP contribution in [0.4, 0.5) is 5.13 Å². The lowest BCUT2D eigenvalue weighted by molar-refractivity contribution is -0.126. The van der Waals surface area contributed by atoms with Gasteiger partial charge in [0.15, 0.2) is 0 Å². The molecule has 7 nitrogen and oxygen atoms in total. The minimum atomic E-state index is -0.700. The van der Waals surface area contributed by atoms with Crippen molar-refractivity contribution in [1.29, 1.82) is 0 Å². The lowest BCUT2D eigenvalue weighted by atomic mass is 10.1. The van der Waals surface area contributed by atoms with Crippen molar-refractivity contribution in [3.05, 3.63) is 60.2 Å². The summed E-state index contributed by atoms with van der Waals surface area (Å²) in [4.78, 5) is 24.7. The highest BCUT2D eigenvalue weighted by molar-refractivity contribution is 7.18. The maximum absolute atomic E-state index is 12.8. The third kappa shape index (κ3) is 5.61. The zero-order valence-corrected chi connectivity index (χ0v) is 17.0. The van der Waals surface area contributed by atoms with Crippen LogP contribution in [0.15, 0.2) is 54.6 Å². The van der Waals surface area contributed by atoms with E-state index in [2.05, 4.69) is 20.8 Å². The first kappa shape index (κ1) is 20.5. The molecule has 1 aromatic heterocycles. The predicted molar refractivity (Wildman–Crippen MR) is 113 cm³/mol.